The Morgan fingerprint density at radius 3 is 2.34 bits per heavy atom. The van der Waals surface area contributed by atoms with Gasteiger partial charge in [-0.2, -0.15) is 4.98 Å². The third kappa shape index (κ3) is 5.38. The molecule has 0 unspecified atom stereocenters. The van der Waals surface area contributed by atoms with Gasteiger partial charge in [0.2, 0.25) is 5.82 Å². The molecule has 2 heterocycles. The second-order valence-corrected chi connectivity index (χ2v) is 8.40. The molecular formula is C27H26FN5O2. The summed E-state index contributed by atoms with van der Waals surface area (Å²) in [6.07, 6.45) is 0. The van der Waals surface area contributed by atoms with Gasteiger partial charge in [-0.15, -0.1) is 0 Å². The van der Waals surface area contributed by atoms with Gasteiger partial charge in [0.25, 0.3) is 11.8 Å². The highest BCUT2D eigenvalue weighted by molar-refractivity contribution is 5.94. The van der Waals surface area contributed by atoms with E-state index in [0.717, 1.165) is 43.9 Å². The fourth-order valence-corrected chi connectivity index (χ4v) is 4.16. The standard InChI is InChI=1S/C27H26FN5O2/c28-23-8-4-5-9-24(23)33-18-16-32(17-19-33)15-14-29-26(34)21-10-12-22(13-11-21)27-30-25(31-35-27)20-6-2-1-3-7-20/h1-13H,14-19H2,(H,29,34). The van der Waals surface area contributed by atoms with E-state index in [1.54, 1.807) is 30.3 Å². The highest BCUT2D eigenvalue weighted by Gasteiger charge is 2.19. The number of carbonyl (C=O) groups excluding carboxylic acids is 1. The first kappa shape index (κ1) is 22.7. The highest BCUT2D eigenvalue weighted by Crippen LogP contribution is 2.23. The van der Waals surface area contributed by atoms with Crippen LogP contribution in [0.25, 0.3) is 22.8 Å². The summed E-state index contributed by atoms with van der Waals surface area (Å²) >= 11 is 0. The summed E-state index contributed by atoms with van der Waals surface area (Å²) in [6, 6.07) is 23.6. The van der Waals surface area contributed by atoms with Gasteiger partial charge in [0.1, 0.15) is 5.82 Å². The van der Waals surface area contributed by atoms with Crippen LogP contribution in [0, 0.1) is 5.82 Å². The Morgan fingerprint density at radius 1 is 0.886 bits per heavy atom. The molecule has 0 radical (unpaired) electrons. The normalized spacial score (nSPS) is 14.1. The van der Waals surface area contributed by atoms with Crippen LogP contribution in [0.15, 0.2) is 83.4 Å². The van der Waals surface area contributed by atoms with E-state index in [4.69, 9.17) is 4.52 Å². The quantitative estimate of drug-likeness (QED) is 0.438. The van der Waals surface area contributed by atoms with E-state index in [2.05, 4.69) is 25.3 Å². The van der Waals surface area contributed by atoms with Crippen LogP contribution in [-0.2, 0) is 0 Å². The van der Waals surface area contributed by atoms with Crippen LogP contribution in [0.1, 0.15) is 10.4 Å². The maximum absolute atomic E-state index is 14.0. The summed E-state index contributed by atoms with van der Waals surface area (Å²) in [4.78, 5) is 21.4. The van der Waals surface area contributed by atoms with E-state index in [0.29, 0.717) is 29.5 Å². The van der Waals surface area contributed by atoms with Crippen LogP contribution < -0.4 is 10.2 Å². The van der Waals surface area contributed by atoms with Crippen molar-refractivity contribution in [1.29, 1.82) is 0 Å². The molecule has 3 aromatic carbocycles. The molecule has 0 spiro atoms. The van der Waals surface area contributed by atoms with Crippen molar-refractivity contribution in [3.63, 3.8) is 0 Å². The Hall–Kier alpha value is -4.04. The summed E-state index contributed by atoms with van der Waals surface area (Å²) in [5.41, 5.74) is 2.86. The fraction of sp³-hybridized carbons (Fsp3) is 0.222. The minimum Gasteiger partial charge on any atom is -0.367 e. The molecule has 1 fully saturated rings. The number of hydrogen-bond donors (Lipinski definition) is 1. The minimum atomic E-state index is -0.185. The number of halogens is 1. The van der Waals surface area contributed by atoms with E-state index in [9.17, 15) is 9.18 Å². The molecule has 0 atom stereocenters. The number of para-hydroxylation sites is 1. The zero-order valence-corrected chi connectivity index (χ0v) is 19.2. The smallest absolute Gasteiger partial charge is 0.258 e. The molecule has 0 bridgehead atoms. The average molecular weight is 472 g/mol. The Morgan fingerprint density at radius 2 is 1.60 bits per heavy atom. The van der Waals surface area contributed by atoms with Crippen molar-refractivity contribution in [3.05, 3.63) is 90.2 Å². The SMILES string of the molecule is O=C(NCCN1CCN(c2ccccc2F)CC1)c1ccc(-c2nc(-c3ccccc3)no2)cc1. The number of rotatable bonds is 7. The van der Waals surface area contributed by atoms with Gasteiger partial charge >= 0.3 is 0 Å². The third-order valence-corrected chi connectivity index (χ3v) is 6.13. The van der Waals surface area contributed by atoms with E-state index in [1.165, 1.54) is 6.07 Å². The maximum atomic E-state index is 14.0. The highest BCUT2D eigenvalue weighted by atomic mass is 19.1. The molecule has 4 aromatic rings. The Labute approximate surface area is 203 Å². The summed E-state index contributed by atoms with van der Waals surface area (Å²) in [5, 5.41) is 7.02. The van der Waals surface area contributed by atoms with Crippen molar-refractivity contribution in [2.24, 2.45) is 0 Å². The molecule has 1 aromatic heterocycles. The van der Waals surface area contributed by atoms with Crippen molar-refractivity contribution < 1.29 is 13.7 Å². The summed E-state index contributed by atoms with van der Waals surface area (Å²) in [7, 11) is 0. The first-order valence-electron chi connectivity index (χ1n) is 11.7. The predicted octanol–water partition coefficient (Wildman–Crippen LogP) is 4.09. The number of nitrogens with zero attached hydrogens (tertiary/aromatic N) is 4. The van der Waals surface area contributed by atoms with Gasteiger partial charge in [0, 0.05) is 56.0 Å². The molecule has 1 saturated heterocycles. The van der Waals surface area contributed by atoms with Crippen LogP contribution in [0.2, 0.25) is 0 Å². The van der Waals surface area contributed by atoms with E-state index >= 15 is 0 Å². The number of piperazine rings is 1. The molecular weight excluding hydrogens is 445 g/mol. The van der Waals surface area contributed by atoms with Crippen LogP contribution in [-0.4, -0.2) is 60.2 Å². The van der Waals surface area contributed by atoms with Gasteiger partial charge in [-0.3, -0.25) is 9.69 Å². The number of hydrogen-bond acceptors (Lipinski definition) is 6. The second kappa shape index (κ2) is 10.5. The second-order valence-electron chi connectivity index (χ2n) is 8.40. The molecule has 0 saturated carbocycles. The van der Waals surface area contributed by atoms with E-state index in [1.807, 2.05) is 42.5 Å². The van der Waals surface area contributed by atoms with Gasteiger partial charge in [0.15, 0.2) is 0 Å². The zero-order valence-electron chi connectivity index (χ0n) is 19.2. The molecule has 1 aliphatic rings. The molecule has 1 N–H and O–H groups in total. The molecule has 178 valence electrons. The fourth-order valence-electron chi connectivity index (χ4n) is 4.16. The molecule has 1 amide bonds. The minimum absolute atomic E-state index is 0.128. The topological polar surface area (TPSA) is 74.5 Å². The molecule has 7 nitrogen and oxygen atoms in total. The summed E-state index contributed by atoms with van der Waals surface area (Å²) < 4.78 is 19.4. The van der Waals surface area contributed by atoms with E-state index < -0.39 is 0 Å². The van der Waals surface area contributed by atoms with Crippen molar-refractivity contribution in [1.82, 2.24) is 20.4 Å². The average Bonchev–Trinajstić information content (AvgIpc) is 3.41. The first-order valence-corrected chi connectivity index (χ1v) is 11.7. The number of aromatic nitrogens is 2. The van der Waals surface area contributed by atoms with Crippen molar-refractivity contribution in [2.75, 3.05) is 44.2 Å². The lowest BCUT2D eigenvalue weighted by molar-refractivity contribution is 0.0947. The van der Waals surface area contributed by atoms with Crippen molar-refractivity contribution in [3.8, 4) is 22.8 Å². The molecule has 8 heteroatoms. The number of carbonyl (C=O) groups is 1. The summed E-state index contributed by atoms with van der Waals surface area (Å²) in [6.45, 7) is 4.47. The summed E-state index contributed by atoms with van der Waals surface area (Å²) in [5.74, 6) is 0.620. The van der Waals surface area contributed by atoms with Crippen molar-refractivity contribution in [2.45, 2.75) is 0 Å². The van der Waals surface area contributed by atoms with Crippen LogP contribution in [0.3, 0.4) is 0 Å². The van der Waals surface area contributed by atoms with Crippen LogP contribution in [0.5, 0.6) is 0 Å². The third-order valence-electron chi connectivity index (χ3n) is 6.13. The Kier molecular flexibility index (Phi) is 6.81. The van der Waals surface area contributed by atoms with Gasteiger partial charge in [0.05, 0.1) is 5.69 Å². The van der Waals surface area contributed by atoms with Crippen molar-refractivity contribution >= 4 is 11.6 Å². The largest absolute Gasteiger partial charge is 0.367 e. The monoisotopic (exact) mass is 471 g/mol. The molecule has 35 heavy (non-hydrogen) atoms. The zero-order chi connectivity index (χ0) is 24.0. The number of anilines is 1. The Balaban J connectivity index is 1.09. The van der Waals surface area contributed by atoms with Gasteiger partial charge in [-0.1, -0.05) is 47.6 Å². The van der Waals surface area contributed by atoms with Crippen LogP contribution >= 0.6 is 0 Å². The lowest BCUT2D eigenvalue weighted by Crippen LogP contribution is -2.48. The number of benzene rings is 3. The van der Waals surface area contributed by atoms with Gasteiger partial charge in [-0.05, 0) is 36.4 Å². The van der Waals surface area contributed by atoms with Gasteiger partial charge < -0.3 is 14.7 Å². The van der Waals surface area contributed by atoms with E-state index in [-0.39, 0.29) is 11.7 Å². The molecule has 0 aliphatic carbocycles. The lowest BCUT2D eigenvalue weighted by Gasteiger charge is -2.36. The number of amides is 1. The lowest BCUT2D eigenvalue weighted by atomic mass is 10.1. The van der Waals surface area contributed by atoms with Crippen LogP contribution in [0.4, 0.5) is 10.1 Å². The maximum Gasteiger partial charge on any atom is 0.258 e. The molecule has 5 rings (SSSR count). The first-order chi connectivity index (χ1) is 17.2. The predicted molar refractivity (Wildman–Crippen MR) is 133 cm³/mol. The molecule has 1 aliphatic heterocycles. The number of nitrogens with one attached hydrogen (secondary N) is 1. The Bertz CT molecular complexity index is 1270. The van der Waals surface area contributed by atoms with Gasteiger partial charge in [-0.25, -0.2) is 4.39 Å².